The third-order valence-electron chi connectivity index (χ3n) is 4.85. The third-order valence-corrected chi connectivity index (χ3v) is 4.85. The zero-order valence-corrected chi connectivity index (χ0v) is 17.3. The second kappa shape index (κ2) is 10.1. The predicted octanol–water partition coefficient (Wildman–Crippen LogP) is 3.74. The molecule has 31 heavy (non-hydrogen) atoms. The topological polar surface area (TPSA) is 94.7 Å². The van der Waals surface area contributed by atoms with Crippen LogP contribution in [0, 0.1) is 0 Å². The summed E-state index contributed by atoms with van der Waals surface area (Å²) in [5.41, 5.74) is 5.02. The Morgan fingerprint density at radius 3 is 2.97 bits per heavy atom. The molecule has 1 aromatic heterocycles. The minimum Gasteiger partial charge on any atom is -0.493 e. The normalized spacial score (nSPS) is 16.5. The van der Waals surface area contributed by atoms with E-state index in [2.05, 4.69) is 15.4 Å². The van der Waals surface area contributed by atoms with Gasteiger partial charge in [0.15, 0.2) is 17.8 Å². The first-order valence-corrected chi connectivity index (χ1v) is 10.2. The Morgan fingerprint density at radius 1 is 1.26 bits per heavy atom. The highest BCUT2D eigenvalue weighted by Crippen LogP contribution is 2.29. The number of nitrogens with zero attached hydrogens (tertiary/aromatic N) is 1. The van der Waals surface area contributed by atoms with E-state index in [9.17, 15) is 4.79 Å². The maximum absolute atomic E-state index is 12.0. The van der Waals surface area contributed by atoms with Crippen molar-refractivity contribution in [1.82, 2.24) is 15.4 Å². The van der Waals surface area contributed by atoms with E-state index in [1.54, 1.807) is 25.3 Å². The van der Waals surface area contributed by atoms with Crippen molar-refractivity contribution in [2.75, 3.05) is 13.7 Å². The summed E-state index contributed by atoms with van der Waals surface area (Å²) in [5, 5.41) is 0. The highest BCUT2D eigenvalue weighted by atomic mass is 16.8. The molecule has 4 rings (SSSR count). The van der Waals surface area contributed by atoms with Crippen LogP contribution < -0.4 is 15.0 Å². The minimum atomic E-state index is -0.384. The Kier molecular flexibility index (Phi) is 6.81. The molecular formula is C23H25N3O5. The number of hydroxylamine groups is 1. The molecule has 2 heterocycles. The number of para-hydroxylation sites is 2. The largest absolute Gasteiger partial charge is 0.493 e. The van der Waals surface area contributed by atoms with Gasteiger partial charge in [-0.3, -0.25) is 4.79 Å². The number of nitrogens with one attached hydrogen (secondary N) is 2. The first-order chi connectivity index (χ1) is 15.2. The summed E-state index contributed by atoms with van der Waals surface area (Å²) < 4.78 is 16.7. The second-order valence-corrected chi connectivity index (χ2v) is 7.11. The highest BCUT2D eigenvalue weighted by molar-refractivity contribution is 5.91. The Balaban J connectivity index is 1.36. The summed E-state index contributed by atoms with van der Waals surface area (Å²) in [6, 6.07) is 13.2. The number of aromatic nitrogens is 2. The van der Waals surface area contributed by atoms with E-state index in [1.165, 1.54) is 6.08 Å². The predicted molar refractivity (Wildman–Crippen MR) is 115 cm³/mol. The first-order valence-electron chi connectivity index (χ1n) is 10.2. The quantitative estimate of drug-likeness (QED) is 0.423. The van der Waals surface area contributed by atoms with Gasteiger partial charge in [0, 0.05) is 19.1 Å². The maximum Gasteiger partial charge on any atom is 0.267 e. The number of hydrogen-bond donors (Lipinski definition) is 2. The van der Waals surface area contributed by atoms with E-state index >= 15 is 0 Å². The summed E-state index contributed by atoms with van der Waals surface area (Å²) in [6.07, 6.45) is 5.51. The molecule has 0 radical (unpaired) electrons. The van der Waals surface area contributed by atoms with Crippen LogP contribution in [0.5, 0.6) is 11.5 Å². The third kappa shape index (κ3) is 5.62. The zero-order valence-electron chi connectivity index (χ0n) is 17.3. The van der Waals surface area contributed by atoms with Crippen molar-refractivity contribution < 1.29 is 23.8 Å². The van der Waals surface area contributed by atoms with Gasteiger partial charge in [-0.25, -0.2) is 15.3 Å². The molecule has 3 aromatic rings. The van der Waals surface area contributed by atoms with Gasteiger partial charge in [0.25, 0.3) is 5.91 Å². The number of H-pyrrole nitrogens is 1. The van der Waals surface area contributed by atoms with Crippen molar-refractivity contribution in [3.05, 3.63) is 59.9 Å². The molecule has 0 spiro atoms. The van der Waals surface area contributed by atoms with Crippen molar-refractivity contribution >= 4 is 23.0 Å². The van der Waals surface area contributed by atoms with Crippen molar-refractivity contribution in [2.45, 2.75) is 32.2 Å². The molecule has 162 valence electrons. The molecular weight excluding hydrogens is 398 g/mol. The van der Waals surface area contributed by atoms with Crippen LogP contribution in [0.15, 0.2) is 48.5 Å². The van der Waals surface area contributed by atoms with Gasteiger partial charge < -0.3 is 19.2 Å². The van der Waals surface area contributed by atoms with Crippen LogP contribution in [0.25, 0.3) is 17.1 Å². The molecule has 2 aromatic carbocycles. The van der Waals surface area contributed by atoms with Crippen LogP contribution in [0.1, 0.15) is 30.7 Å². The number of amides is 1. The summed E-state index contributed by atoms with van der Waals surface area (Å²) >= 11 is 0. The van der Waals surface area contributed by atoms with Crippen LogP contribution in [0.3, 0.4) is 0 Å². The van der Waals surface area contributed by atoms with E-state index in [0.717, 1.165) is 35.9 Å². The van der Waals surface area contributed by atoms with Crippen LogP contribution in [-0.2, 0) is 21.0 Å². The fraction of sp³-hybridized carbons (Fsp3) is 0.304. The zero-order chi connectivity index (χ0) is 21.5. The summed E-state index contributed by atoms with van der Waals surface area (Å²) in [4.78, 5) is 25.0. The van der Waals surface area contributed by atoms with Gasteiger partial charge in [-0.2, -0.15) is 0 Å². The number of fused-ring (bicyclic) bond motifs is 1. The van der Waals surface area contributed by atoms with Gasteiger partial charge in [0.05, 0.1) is 18.1 Å². The molecule has 8 heteroatoms. The molecule has 1 atom stereocenters. The minimum absolute atomic E-state index is 0.258. The second-order valence-electron chi connectivity index (χ2n) is 7.11. The SMILES string of the molecule is COc1ccc(C=CC(=O)NOC2CCCCO2)cc1OCc1nc2ccccc2[nH]1. The lowest BCUT2D eigenvalue weighted by atomic mass is 10.2. The smallest absolute Gasteiger partial charge is 0.267 e. The number of aromatic amines is 1. The fourth-order valence-electron chi connectivity index (χ4n) is 3.26. The lowest BCUT2D eigenvalue weighted by Crippen LogP contribution is -2.32. The van der Waals surface area contributed by atoms with Crippen molar-refractivity contribution in [3.8, 4) is 11.5 Å². The van der Waals surface area contributed by atoms with Gasteiger partial charge in [-0.05, 0) is 48.7 Å². The number of imidazole rings is 1. The Labute approximate surface area is 180 Å². The molecule has 1 saturated heterocycles. The average Bonchev–Trinajstić information content (AvgIpc) is 3.24. The Morgan fingerprint density at radius 2 is 2.16 bits per heavy atom. The molecule has 1 aliphatic heterocycles. The molecule has 0 bridgehead atoms. The van der Waals surface area contributed by atoms with Crippen LogP contribution >= 0.6 is 0 Å². The van der Waals surface area contributed by atoms with E-state index in [4.69, 9.17) is 19.0 Å². The summed E-state index contributed by atoms with van der Waals surface area (Å²) in [7, 11) is 1.58. The number of carbonyl (C=O) groups excluding carboxylic acids is 1. The number of hydrogen-bond acceptors (Lipinski definition) is 6. The number of rotatable bonds is 8. The molecule has 1 aliphatic rings. The van der Waals surface area contributed by atoms with Crippen molar-refractivity contribution in [1.29, 1.82) is 0 Å². The number of carbonyl (C=O) groups is 1. The van der Waals surface area contributed by atoms with E-state index < -0.39 is 0 Å². The summed E-state index contributed by atoms with van der Waals surface area (Å²) in [6.45, 7) is 0.910. The van der Waals surface area contributed by atoms with Crippen LogP contribution in [0.4, 0.5) is 0 Å². The molecule has 0 aliphatic carbocycles. The molecule has 1 unspecified atom stereocenters. The van der Waals surface area contributed by atoms with Crippen LogP contribution in [0.2, 0.25) is 0 Å². The van der Waals surface area contributed by atoms with E-state index in [0.29, 0.717) is 23.9 Å². The standard InChI is InChI=1S/C23H25N3O5/c1-28-19-11-9-16(10-12-22(27)26-31-23-8-4-5-13-29-23)14-20(19)30-15-21-24-17-6-2-3-7-18(17)25-21/h2-3,6-7,9-12,14,23H,4-5,8,13,15H2,1H3,(H,24,25)(H,26,27). The van der Waals surface area contributed by atoms with Gasteiger partial charge in [-0.1, -0.05) is 18.2 Å². The Bertz CT molecular complexity index is 1020. The van der Waals surface area contributed by atoms with Gasteiger partial charge in [0.1, 0.15) is 12.4 Å². The van der Waals surface area contributed by atoms with Crippen LogP contribution in [-0.4, -0.2) is 35.9 Å². The molecule has 2 N–H and O–H groups in total. The molecule has 8 nitrogen and oxygen atoms in total. The Hall–Kier alpha value is -3.36. The lowest BCUT2D eigenvalue weighted by Gasteiger charge is -2.21. The van der Waals surface area contributed by atoms with E-state index in [-0.39, 0.29) is 18.8 Å². The molecule has 0 saturated carbocycles. The van der Waals surface area contributed by atoms with Crippen molar-refractivity contribution in [2.24, 2.45) is 0 Å². The monoisotopic (exact) mass is 423 g/mol. The average molecular weight is 423 g/mol. The number of ether oxygens (including phenoxy) is 3. The highest BCUT2D eigenvalue weighted by Gasteiger charge is 2.15. The number of benzene rings is 2. The number of methoxy groups -OCH3 is 1. The van der Waals surface area contributed by atoms with Crippen molar-refractivity contribution in [3.63, 3.8) is 0 Å². The summed E-state index contributed by atoms with van der Waals surface area (Å²) in [5.74, 6) is 1.49. The fourth-order valence-corrected chi connectivity index (χ4v) is 3.26. The first kappa shape index (κ1) is 20.9. The maximum atomic E-state index is 12.0. The van der Waals surface area contributed by atoms with Gasteiger partial charge in [-0.15, -0.1) is 0 Å². The van der Waals surface area contributed by atoms with Gasteiger partial charge >= 0.3 is 0 Å². The lowest BCUT2D eigenvalue weighted by molar-refractivity contribution is -0.198. The molecule has 1 fully saturated rings. The molecule has 1 amide bonds. The van der Waals surface area contributed by atoms with E-state index in [1.807, 2.05) is 30.3 Å². The van der Waals surface area contributed by atoms with Gasteiger partial charge in [0.2, 0.25) is 0 Å².